The number of methoxy groups -OCH3 is 1. The Morgan fingerprint density at radius 1 is 1.18 bits per heavy atom. The van der Waals surface area contributed by atoms with Gasteiger partial charge in [-0.3, -0.25) is 4.90 Å². The number of likely N-dealkylation sites (N-methyl/N-ethyl adjacent to an activating group) is 1. The van der Waals surface area contributed by atoms with Gasteiger partial charge in [-0.2, -0.15) is 27.0 Å². The third-order valence-corrected chi connectivity index (χ3v) is 11.1. The lowest BCUT2D eigenvalue weighted by Gasteiger charge is -2.38. The third-order valence-electron chi connectivity index (χ3n) is 6.56. The number of carbonyl (C=O) groups excluding carboxylic acids is 1. The first-order chi connectivity index (χ1) is 14.6. The Kier molecular flexibility index (Phi) is 12.6. The lowest BCUT2D eigenvalue weighted by Crippen LogP contribution is -2.45. The van der Waals surface area contributed by atoms with E-state index >= 15 is 0 Å². The maximum Gasteiger partial charge on any atom is 0.410 e. The number of benzene rings is 1. The second-order valence-electron chi connectivity index (χ2n) is 11.4. The first-order valence-corrected chi connectivity index (χ1v) is 14.5. The number of ether oxygens (including phenoxy) is 2. The number of hydrogen-bond acceptors (Lipinski definition) is 5. The molecule has 2 rings (SSSR count). The molecule has 2 atom stereocenters. The lowest BCUT2D eigenvalue weighted by molar-refractivity contribution is 0.0187. The van der Waals surface area contributed by atoms with Crippen LogP contribution in [0.2, 0.25) is 18.1 Å². The Morgan fingerprint density at radius 2 is 1.79 bits per heavy atom. The summed E-state index contributed by atoms with van der Waals surface area (Å²) in [5.74, 6) is 0.783. The van der Waals surface area contributed by atoms with Gasteiger partial charge in [-0.05, 0) is 63.0 Å². The third kappa shape index (κ3) is 9.30. The second-order valence-corrected chi connectivity index (χ2v) is 16.2. The Balaban J connectivity index is 0.00000544. The molecule has 0 spiro atoms. The van der Waals surface area contributed by atoms with Crippen LogP contribution in [0.1, 0.15) is 59.6 Å². The number of amides is 1. The van der Waals surface area contributed by atoms with Gasteiger partial charge in [0, 0.05) is 26.7 Å². The molecule has 1 aromatic rings. The fourth-order valence-electron chi connectivity index (χ4n) is 3.66. The summed E-state index contributed by atoms with van der Waals surface area (Å²) in [5.41, 5.74) is 0.492. The minimum Gasteiger partial charge on any atom is -0.497 e. The molecule has 9 heteroatoms. The van der Waals surface area contributed by atoms with Crippen LogP contribution in [0.15, 0.2) is 24.3 Å². The van der Waals surface area contributed by atoms with Crippen molar-refractivity contribution in [1.82, 2.24) is 9.80 Å². The van der Waals surface area contributed by atoms with E-state index in [9.17, 15) is 4.79 Å². The van der Waals surface area contributed by atoms with Gasteiger partial charge in [0.15, 0.2) is 8.32 Å². The average Bonchev–Trinajstić information content (AvgIpc) is 3.09. The van der Waals surface area contributed by atoms with Gasteiger partial charge in [0.25, 0.3) is 0 Å². The predicted octanol–water partition coefficient (Wildman–Crippen LogP) is 5.92. The van der Waals surface area contributed by atoms with Crippen LogP contribution in [-0.2, 0) is 9.16 Å². The molecule has 0 N–H and O–H groups in total. The normalized spacial score (nSPS) is 17.9. The van der Waals surface area contributed by atoms with Crippen LogP contribution in [0, 0.1) is 0 Å². The molecule has 1 fully saturated rings. The van der Waals surface area contributed by atoms with Gasteiger partial charge in [0.2, 0.25) is 0 Å². The smallest absolute Gasteiger partial charge is 0.410 e. The molecule has 1 aliphatic rings. The minimum atomic E-state index is -1.81. The molecule has 0 aliphatic carbocycles. The van der Waals surface area contributed by atoms with Crippen molar-refractivity contribution in [2.75, 3.05) is 33.8 Å². The zero-order valence-corrected chi connectivity index (χ0v) is 25.8. The molecule has 0 bridgehead atoms. The van der Waals surface area contributed by atoms with Crippen LogP contribution in [0.4, 0.5) is 4.79 Å². The summed E-state index contributed by atoms with van der Waals surface area (Å²) in [7, 11) is 1.67. The summed E-state index contributed by atoms with van der Waals surface area (Å²) in [6.45, 7) is 19.7. The molecule has 34 heavy (non-hydrogen) atoms. The van der Waals surface area contributed by atoms with E-state index in [1.807, 2.05) is 52.1 Å². The van der Waals surface area contributed by atoms with E-state index in [2.05, 4.69) is 38.8 Å². The number of likely N-dealkylation sites (tertiary alicyclic amines) is 1. The van der Waals surface area contributed by atoms with E-state index in [0.29, 0.717) is 0 Å². The Morgan fingerprint density at radius 3 is 2.32 bits per heavy atom. The van der Waals surface area contributed by atoms with Gasteiger partial charge in [0.1, 0.15) is 11.4 Å². The maximum absolute atomic E-state index is 12.9. The highest BCUT2D eigenvalue weighted by Gasteiger charge is 2.41. The van der Waals surface area contributed by atoms with Gasteiger partial charge in [-0.25, -0.2) is 4.79 Å². The van der Waals surface area contributed by atoms with Crippen molar-refractivity contribution in [2.24, 2.45) is 0 Å². The van der Waals surface area contributed by atoms with Crippen LogP contribution in [-0.4, -0.2) is 69.7 Å². The first-order valence-electron chi connectivity index (χ1n) is 11.6. The molecular formula is C25H48N2O4S2Si. The monoisotopic (exact) mass is 532 g/mol. The summed E-state index contributed by atoms with van der Waals surface area (Å²) in [6.07, 6.45) is 0.945. The zero-order chi connectivity index (χ0) is 24.3. The van der Waals surface area contributed by atoms with Gasteiger partial charge in [0.05, 0.1) is 19.3 Å². The molecule has 198 valence electrons. The van der Waals surface area contributed by atoms with Crippen LogP contribution in [0.25, 0.3) is 0 Å². The summed E-state index contributed by atoms with van der Waals surface area (Å²) in [5, 5.41) is 0.195. The fourth-order valence-corrected chi connectivity index (χ4v) is 5.04. The van der Waals surface area contributed by atoms with Crippen molar-refractivity contribution < 1.29 is 18.7 Å². The van der Waals surface area contributed by atoms with Gasteiger partial charge in [-0.1, -0.05) is 32.9 Å². The first kappa shape index (κ1) is 33.1. The van der Waals surface area contributed by atoms with E-state index in [1.165, 1.54) is 0 Å². The standard InChI is InChI=1S/C25H44N2O4Si.2H2S/c1-24(2,3)30-23(28)26(7)22(19-12-11-13-20(16-19)29-8)18-27-15-14-21(17-27)31-32(9,10)25(4,5)6;;/h11-13,16,21-22H,14-15,17-18H2,1-10H3;2*1H2/t21-,22+;;/m0../s1. The molecule has 1 amide bonds. The van der Waals surface area contributed by atoms with Crippen molar-refractivity contribution in [3.63, 3.8) is 0 Å². The average molecular weight is 533 g/mol. The molecular weight excluding hydrogens is 485 g/mol. The topological polar surface area (TPSA) is 51.2 Å². The number of hydrogen-bond donors (Lipinski definition) is 0. The number of carbonyl (C=O) groups is 1. The van der Waals surface area contributed by atoms with E-state index in [0.717, 1.165) is 37.4 Å². The van der Waals surface area contributed by atoms with E-state index in [1.54, 1.807) is 12.0 Å². The molecule has 0 radical (unpaired) electrons. The summed E-state index contributed by atoms with van der Waals surface area (Å²) in [4.78, 5) is 17.0. The van der Waals surface area contributed by atoms with E-state index < -0.39 is 13.9 Å². The predicted molar refractivity (Wildman–Crippen MR) is 154 cm³/mol. The molecule has 6 nitrogen and oxygen atoms in total. The fraction of sp³-hybridized carbons (Fsp3) is 0.720. The zero-order valence-electron chi connectivity index (χ0n) is 22.8. The number of rotatable bonds is 7. The van der Waals surface area contributed by atoms with Crippen molar-refractivity contribution >= 4 is 41.4 Å². The highest BCUT2D eigenvalue weighted by Crippen LogP contribution is 2.38. The van der Waals surface area contributed by atoms with Crippen LogP contribution in [0.5, 0.6) is 5.75 Å². The highest BCUT2D eigenvalue weighted by molar-refractivity contribution is 7.59. The second kappa shape index (κ2) is 12.9. The minimum absolute atomic E-state index is 0. The van der Waals surface area contributed by atoms with Gasteiger partial charge >= 0.3 is 6.09 Å². The van der Waals surface area contributed by atoms with Crippen LogP contribution < -0.4 is 4.74 Å². The molecule has 1 aliphatic heterocycles. The SMILES string of the molecule is COc1cccc([C@@H](CN2CC[C@H](O[Si](C)(C)C(C)(C)C)C2)N(C)C(=O)OC(C)(C)C)c1.S.S. The van der Waals surface area contributed by atoms with Crippen LogP contribution >= 0.6 is 27.0 Å². The van der Waals surface area contributed by atoms with Crippen molar-refractivity contribution in [1.29, 1.82) is 0 Å². The summed E-state index contributed by atoms with van der Waals surface area (Å²) >= 11 is 0. The molecule has 1 saturated heterocycles. The molecule has 0 aromatic heterocycles. The van der Waals surface area contributed by atoms with Crippen molar-refractivity contribution in [3.05, 3.63) is 29.8 Å². The Labute approximate surface area is 222 Å². The van der Waals surface area contributed by atoms with Gasteiger partial charge < -0.3 is 18.8 Å². The Bertz CT molecular complexity index is 781. The molecule has 0 unspecified atom stereocenters. The molecule has 0 saturated carbocycles. The van der Waals surface area contributed by atoms with Crippen LogP contribution in [0.3, 0.4) is 0 Å². The lowest BCUT2D eigenvalue weighted by atomic mass is 10.0. The summed E-state index contributed by atoms with van der Waals surface area (Å²) < 4.78 is 17.8. The van der Waals surface area contributed by atoms with E-state index in [4.69, 9.17) is 13.9 Å². The molecule has 1 aromatic carbocycles. The Hall–Kier alpha value is -0.873. The van der Waals surface area contributed by atoms with Crippen molar-refractivity contribution in [3.8, 4) is 5.75 Å². The maximum atomic E-state index is 12.9. The highest BCUT2D eigenvalue weighted by atomic mass is 32.1. The number of nitrogens with zero attached hydrogens (tertiary/aromatic N) is 2. The van der Waals surface area contributed by atoms with Gasteiger partial charge in [-0.15, -0.1) is 0 Å². The summed E-state index contributed by atoms with van der Waals surface area (Å²) in [6, 6.07) is 7.80. The molecule has 1 heterocycles. The largest absolute Gasteiger partial charge is 0.497 e. The van der Waals surface area contributed by atoms with E-state index in [-0.39, 0.29) is 50.3 Å². The quantitative estimate of drug-likeness (QED) is 0.408. The van der Waals surface area contributed by atoms with Crippen molar-refractivity contribution in [2.45, 2.75) is 83.8 Å².